The molecule has 3 rings (SSSR count). The fraction of sp³-hybridized carbons (Fsp3) is 0.150. The van der Waals surface area contributed by atoms with Gasteiger partial charge in [0, 0.05) is 16.8 Å². The maximum Gasteiger partial charge on any atom is 0.267 e. The fourth-order valence-corrected chi connectivity index (χ4v) is 3.45. The predicted octanol–water partition coefficient (Wildman–Crippen LogP) is 4.58. The molecule has 0 saturated heterocycles. The van der Waals surface area contributed by atoms with Crippen LogP contribution in [0.4, 0.5) is 5.69 Å². The van der Waals surface area contributed by atoms with E-state index in [0.717, 1.165) is 16.3 Å². The zero-order valence-corrected chi connectivity index (χ0v) is 15.5. The van der Waals surface area contributed by atoms with E-state index in [-0.39, 0.29) is 11.7 Å². The van der Waals surface area contributed by atoms with Gasteiger partial charge in [0.2, 0.25) is 0 Å². The van der Waals surface area contributed by atoms with Crippen LogP contribution >= 0.6 is 11.3 Å². The number of aryl methyl sites for hydroxylation is 1. The molecule has 1 amide bonds. The number of nitrogens with zero attached hydrogens (tertiary/aromatic N) is 1. The van der Waals surface area contributed by atoms with E-state index < -0.39 is 0 Å². The van der Waals surface area contributed by atoms with Crippen molar-refractivity contribution in [2.45, 2.75) is 13.8 Å². The van der Waals surface area contributed by atoms with Gasteiger partial charge in [-0.05, 0) is 38.1 Å². The van der Waals surface area contributed by atoms with Gasteiger partial charge in [-0.3, -0.25) is 9.59 Å². The van der Waals surface area contributed by atoms with Crippen LogP contribution in [0.1, 0.15) is 32.6 Å². The number of rotatable bonds is 5. The van der Waals surface area contributed by atoms with Gasteiger partial charge in [0.15, 0.2) is 5.78 Å². The summed E-state index contributed by atoms with van der Waals surface area (Å²) in [4.78, 5) is 29.2. The molecule has 3 aromatic rings. The number of ketones is 1. The smallest absolute Gasteiger partial charge is 0.267 e. The lowest BCUT2D eigenvalue weighted by Gasteiger charge is -2.05. The molecule has 26 heavy (non-hydrogen) atoms. The van der Waals surface area contributed by atoms with Gasteiger partial charge in [0.05, 0.1) is 12.8 Å². The Balaban J connectivity index is 1.85. The van der Waals surface area contributed by atoms with Gasteiger partial charge in [0.25, 0.3) is 5.91 Å². The summed E-state index contributed by atoms with van der Waals surface area (Å²) in [5.41, 5.74) is 2.70. The second kappa shape index (κ2) is 7.49. The Morgan fingerprint density at radius 1 is 1.12 bits per heavy atom. The van der Waals surface area contributed by atoms with Gasteiger partial charge >= 0.3 is 0 Å². The van der Waals surface area contributed by atoms with Gasteiger partial charge in [-0.1, -0.05) is 24.3 Å². The third-order valence-corrected chi connectivity index (χ3v) is 5.05. The van der Waals surface area contributed by atoms with Crippen LogP contribution in [0.3, 0.4) is 0 Å². The Kier molecular flexibility index (Phi) is 5.14. The molecule has 0 aliphatic carbocycles. The molecule has 0 atom stereocenters. The third-order valence-electron chi connectivity index (χ3n) is 3.85. The molecule has 5 nitrogen and oxygen atoms in total. The lowest BCUT2D eigenvalue weighted by atomic mass is 10.1. The lowest BCUT2D eigenvalue weighted by molar-refractivity contribution is 0.101. The highest BCUT2D eigenvalue weighted by Crippen LogP contribution is 2.30. The molecule has 0 spiro atoms. The lowest BCUT2D eigenvalue weighted by Crippen LogP contribution is -2.11. The van der Waals surface area contributed by atoms with Crippen molar-refractivity contribution < 1.29 is 14.3 Å². The van der Waals surface area contributed by atoms with Crippen molar-refractivity contribution in [2.75, 3.05) is 12.4 Å². The quantitative estimate of drug-likeness (QED) is 0.671. The van der Waals surface area contributed by atoms with Crippen molar-refractivity contribution in [3.05, 3.63) is 64.7 Å². The number of benzene rings is 2. The molecule has 0 saturated carbocycles. The first kappa shape index (κ1) is 17.8. The maximum absolute atomic E-state index is 12.6. The van der Waals surface area contributed by atoms with Crippen LogP contribution in [-0.2, 0) is 0 Å². The highest BCUT2D eigenvalue weighted by molar-refractivity contribution is 7.17. The van der Waals surface area contributed by atoms with Gasteiger partial charge in [0.1, 0.15) is 15.6 Å². The molecule has 1 N–H and O–H groups in total. The molecule has 0 aliphatic heterocycles. The van der Waals surface area contributed by atoms with Crippen molar-refractivity contribution in [3.63, 3.8) is 0 Å². The van der Waals surface area contributed by atoms with Crippen LogP contribution in [0.25, 0.3) is 10.6 Å². The van der Waals surface area contributed by atoms with Gasteiger partial charge in [-0.15, -0.1) is 11.3 Å². The highest BCUT2D eigenvalue weighted by Gasteiger charge is 2.17. The SMILES string of the molecule is COc1cccc(-c2nc(C)c(C(=O)Nc3cccc(C(C)=O)c3)s2)c1. The normalized spacial score (nSPS) is 10.4. The summed E-state index contributed by atoms with van der Waals surface area (Å²) < 4.78 is 5.24. The maximum atomic E-state index is 12.6. The summed E-state index contributed by atoms with van der Waals surface area (Å²) in [7, 11) is 1.61. The number of carbonyl (C=O) groups excluding carboxylic acids is 2. The third kappa shape index (κ3) is 3.81. The summed E-state index contributed by atoms with van der Waals surface area (Å²) in [5, 5.41) is 3.59. The summed E-state index contributed by atoms with van der Waals surface area (Å²) in [6, 6.07) is 14.4. The average molecular weight is 366 g/mol. The average Bonchev–Trinajstić information content (AvgIpc) is 3.04. The molecule has 132 valence electrons. The van der Waals surface area contributed by atoms with Crippen molar-refractivity contribution >= 4 is 28.7 Å². The Morgan fingerprint density at radius 3 is 2.62 bits per heavy atom. The zero-order valence-electron chi connectivity index (χ0n) is 14.7. The van der Waals surface area contributed by atoms with E-state index in [9.17, 15) is 9.59 Å². The van der Waals surface area contributed by atoms with Gasteiger partial charge in [-0.2, -0.15) is 0 Å². The highest BCUT2D eigenvalue weighted by atomic mass is 32.1. The Labute approximate surface area is 155 Å². The molecule has 2 aromatic carbocycles. The molecule has 0 aliphatic rings. The van der Waals surface area contributed by atoms with E-state index in [1.54, 1.807) is 38.3 Å². The summed E-state index contributed by atoms with van der Waals surface area (Å²) in [6.45, 7) is 3.30. The first-order valence-corrected chi connectivity index (χ1v) is 8.84. The second-order valence-corrected chi connectivity index (χ2v) is 6.76. The van der Waals surface area contributed by atoms with Crippen molar-refractivity contribution in [1.82, 2.24) is 4.98 Å². The Hall–Kier alpha value is -2.99. The predicted molar refractivity (Wildman–Crippen MR) is 103 cm³/mol. The zero-order chi connectivity index (χ0) is 18.7. The van der Waals surface area contributed by atoms with E-state index in [1.165, 1.54) is 18.3 Å². The van der Waals surface area contributed by atoms with E-state index in [4.69, 9.17) is 4.74 Å². The number of Topliss-reactive ketones (excluding diaryl/α,β-unsaturated/α-hetero) is 1. The van der Waals surface area contributed by atoms with Gasteiger partial charge in [-0.25, -0.2) is 4.98 Å². The summed E-state index contributed by atoms with van der Waals surface area (Å²) in [6.07, 6.45) is 0. The van der Waals surface area contributed by atoms with Crippen molar-refractivity contribution in [3.8, 4) is 16.3 Å². The molecule has 6 heteroatoms. The molecular weight excluding hydrogens is 348 g/mol. The fourth-order valence-electron chi connectivity index (χ4n) is 2.49. The van der Waals surface area contributed by atoms with Crippen molar-refractivity contribution in [2.24, 2.45) is 0 Å². The molecule has 0 unspecified atom stereocenters. The van der Waals surface area contributed by atoms with E-state index in [1.807, 2.05) is 24.3 Å². The number of amides is 1. The minimum atomic E-state index is -0.241. The van der Waals surface area contributed by atoms with E-state index in [2.05, 4.69) is 10.3 Å². The van der Waals surface area contributed by atoms with Crippen LogP contribution in [0, 0.1) is 6.92 Å². The first-order valence-electron chi connectivity index (χ1n) is 8.02. The van der Waals surface area contributed by atoms with Gasteiger partial charge < -0.3 is 10.1 Å². The van der Waals surface area contributed by atoms with Crippen LogP contribution in [0.5, 0.6) is 5.75 Å². The summed E-state index contributed by atoms with van der Waals surface area (Å²) >= 11 is 1.32. The number of thiazole rings is 1. The monoisotopic (exact) mass is 366 g/mol. The Bertz CT molecular complexity index is 979. The minimum absolute atomic E-state index is 0.0459. The second-order valence-electron chi connectivity index (χ2n) is 5.76. The first-order chi connectivity index (χ1) is 12.5. The van der Waals surface area contributed by atoms with Crippen molar-refractivity contribution in [1.29, 1.82) is 0 Å². The molecule has 1 aromatic heterocycles. The largest absolute Gasteiger partial charge is 0.497 e. The van der Waals surface area contributed by atoms with Crippen LogP contribution in [0.2, 0.25) is 0 Å². The van der Waals surface area contributed by atoms with Crippen LogP contribution < -0.4 is 10.1 Å². The number of hydrogen-bond donors (Lipinski definition) is 1. The standard InChI is InChI=1S/C20H18N2O3S/c1-12-18(19(24)22-16-8-4-6-14(10-16)13(2)23)26-20(21-12)15-7-5-9-17(11-15)25-3/h4-11H,1-3H3,(H,22,24). The number of methoxy groups -OCH3 is 1. The van der Waals surface area contributed by atoms with Crippen LogP contribution in [-0.4, -0.2) is 23.8 Å². The number of hydrogen-bond acceptors (Lipinski definition) is 5. The number of ether oxygens (including phenoxy) is 1. The Morgan fingerprint density at radius 2 is 1.88 bits per heavy atom. The molecule has 0 radical (unpaired) electrons. The van der Waals surface area contributed by atoms with Crippen LogP contribution in [0.15, 0.2) is 48.5 Å². The minimum Gasteiger partial charge on any atom is -0.497 e. The molecule has 0 bridgehead atoms. The molecule has 0 fully saturated rings. The van der Waals surface area contributed by atoms with E-state index in [0.29, 0.717) is 21.8 Å². The molecule has 1 heterocycles. The summed E-state index contributed by atoms with van der Waals surface area (Å²) in [5.74, 6) is 0.452. The number of nitrogens with one attached hydrogen (secondary N) is 1. The topological polar surface area (TPSA) is 68.3 Å². The number of carbonyl (C=O) groups is 2. The number of anilines is 1. The van der Waals surface area contributed by atoms with E-state index >= 15 is 0 Å². The molecular formula is C20H18N2O3S. The number of aromatic nitrogens is 1.